The van der Waals surface area contributed by atoms with Crippen molar-refractivity contribution < 1.29 is 9.53 Å². The van der Waals surface area contributed by atoms with Crippen LogP contribution in [0.1, 0.15) is 62.2 Å². The van der Waals surface area contributed by atoms with E-state index in [4.69, 9.17) is 9.72 Å². The molecular weight excluding hydrogens is 432 g/mol. The predicted octanol–water partition coefficient (Wildman–Crippen LogP) is 6.52. The smallest absolute Gasteiger partial charge is 0.256 e. The first-order chi connectivity index (χ1) is 15.7. The van der Waals surface area contributed by atoms with Gasteiger partial charge in [0.05, 0.1) is 22.5 Å². The van der Waals surface area contributed by atoms with Crippen LogP contribution < -0.4 is 10.1 Å². The lowest BCUT2D eigenvalue weighted by Crippen LogP contribution is -2.15. The Kier molecular flexibility index (Phi) is 6.51. The van der Waals surface area contributed by atoms with Crippen LogP contribution in [0.3, 0.4) is 0 Å². The molecule has 0 aliphatic carbocycles. The van der Waals surface area contributed by atoms with Crippen molar-refractivity contribution in [2.75, 3.05) is 11.9 Å². The van der Waals surface area contributed by atoms with Crippen LogP contribution in [-0.4, -0.2) is 27.3 Å². The first-order valence-corrected chi connectivity index (χ1v) is 12.1. The largest absolute Gasteiger partial charge is 0.494 e. The van der Waals surface area contributed by atoms with Gasteiger partial charge in [0.25, 0.3) is 5.91 Å². The van der Waals surface area contributed by atoms with E-state index in [9.17, 15) is 4.79 Å². The Morgan fingerprint density at radius 3 is 2.73 bits per heavy atom. The van der Waals surface area contributed by atoms with Gasteiger partial charge in [0, 0.05) is 11.6 Å². The molecule has 2 heterocycles. The summed E-state index contributed by atoms with van der Waals surface area (Å²) in [5, 5.41) is 8.30. The Bertz CT molecular complexity index is 1280. The average molecular weight is 463 g/mol. The van der Waals surface area contributed by atoms with Crippen LogP contribution in [0.15, 0.2) is 48.5 Å². The topological polar surface area (TPSA) is 69.0 Å². The first kappa shape index (κ1) is 23.0. The van der Waals surface area contributed by atoms with E-state index < -0.39 is 0 Å². The number of thiazole rings is 1. The summed E-state index contributed by atoms with van der Waals surface area (Å²) in [6.07, 6.45) is 2.04. The summed E-state index contributed by atoms with van der Waals surface area (Å²) in [5.74, 6) is 1.07. The minimum Gasteiger partial charge on any atom is -0.494 e. The zero-order valence-corrected chi connectivity index (χ0v) is 20.6. The van der Waals surface area contributed by atoms with Crippen molar-refractivity contribution in [3.8, 4) is 10.9 Å². The van der Waals surface area contributed by atoms with Crippen LogP contribution in [0.4, 0.5) is 5.82 Å². The summed E-state index contributed by atoms with van der Waals surface area (Å²) in [4.78, 5) is 17.8. The van der Waals surface area contributed by atoms with Crippen molar-refractivity contribution in [3.05, 3.63) is 65.4 Å². The third-order valence-electron chi connectivity index (χ3n) is 5.36. The van der Waals surface area contributed by atoms with Gasteiger partial charge in [0.1, 0.15) is 11.6 Å². The van der Waals surface area contributed by atoms with Gasteiger partial charge in [0.15, 0.2) is 0 Å². The van der Waals surface area contributed by atoms with E-state index in [0.717, 1.165) is 33.9 Å². The molecule has 0 aliphatic heterocycles. The second-order valence-electron chi connectivity index (χ2n) is 9.20. The average Bonchev–Trinajstić information content (AvgIpc) is 3.35. The fraction of sp³-hybridized carbons (Fsp3) is 0.346. The lowest BCUT2D eigenvalue weighted by atomic mass is 9.87. The molecule has 0 unspecified atom stereocenters. The number of aromatic nitrogens is 3. The van der Waals surface area contributed by atoms with Gasteiger partial charge < -0.3 is 10.1 Å². The van der Waals surface area contributed by atoms with E-state index in [-0.39, 0.29) is 11.3 Å². The van der Waals surface area contributed by atoms with Crippen LogP contribution in [0.5, 0.6) is 5.75 Å². The molecule has 33 heavy (non-hydrogen) atoms. The van der Waals surface area contributed by atoms with Gasteiger partial charge in [-0.3, -0.25) is 4.79 Å². The highest BCUT2D eigenvalue weighted by Gasteiger charge is 2.18. The SMILES string of the molecule is CCCCOc1cccc(C(=O)Nc2cc(C)nn2-c2nc3ccc(C(C)(C)C)cc3s2)c1. The van der Waals surface area contributed by atoms with Gasteiger partial charge in [-0.2, -0.15) is 9.78 Å². The number of carbonyl (C=O) groups is 1. The number of carbonyl (C=O) groups excluding carboxylic acids is 1. The normalized spacial score (nSPS) is 11.7. The lowest BCUT2D eigenvalue weighted by Gasteiger charge is -2.18. The molecule has 2 aromatic heterocycles. The number of rotatable bonds is 7. The Morgan fingerprint density at radius 1 is 1.15 bits per heavy atom. The number of benzene rings is 2. The maximum Gasteiger partial charge on any atom is 0.256 e. The fourth-order valence-electron chi connectivity index (χ4n) is 3.45. The molecule has 2 aromatic carbocycles. The van der Waals surface area contributed by atoms with Crippen LogP contribution in [0.25, 0.3) is 15.3 Å². The van der Waals surface area contributed by atoms with Crippen molar-refractivity contribution in [1.82, 2.24) is 14.8 Å². The third-order valence-corrected chi connectivity index (χ3v) is 6.35. The zero-order valence-electron chi connectivity index (χ0n) is 19.8. The second-order valence-corrected chi connectivity index (χ2v) is 10.2. The highest BCUT2D eigenvalue weighted by molar-refractivity contribution is 7.20. The van der Waals surface area contributed by atoms with E-state index >= 15 is 0 Å². The number of aryl methyl sites for hydroxylation is 1. The maximum atomic E-state index is 13.0. The molecule has 0 radical (unpaired) electrons. The number of fused-ring (bicyclic) bond motifs is 1. The van der Waals surface area contributed by atoms with E-state index in [0.29, 0.717) is 23.7 Å². The van der Waals surface area contributed by atoms with Crippen LogP contribution in [-0.2, 0) is 5.41 Å². The number of hydrogen-bond acceptors (Lipinski definition) is 5. The monoisotopic (exact) mass is 462 g/mol. The van der Waals surface area contributed by atoms with Crippen molar-refractivity contribution in [3.63, 3.8) is 0 Å². The molecular formula is C26H30N4O2S. The highest BCUT2D eigenvalue weighted by atomic mass is 32.1. The van der Waals surface area contributed by atoms with E-state index in [1.54, 1.807) is 28.2 Å². The van der Waals surface area contributed by atoms with Crippen molar-refractivity contribution in [2.45, 2.75) is 52.9 Å². The van der Waals surface area contributed by atoms with Gasteiger partial charge in [-0.25, -0.2) is 4.98 Å². The van der Waals surface area contributed by atoms with Gasteiger partial charge >= 0.3 is 0 Å². The number of nitrogens with one attached hydrogen (secondary N) is 1. The molecule has 1 N–H and O–H groups in total. The van der Waals surface area contributed by atoms with Crippen molar-refractivity contribution >= 4 is 33.3 Å². The van der Waals surface area contributed by atoms with Crippen LogP contribution in [0, 0.1) is 6.92 Å². The molecule has 6 nitrogen and oxygen atoms in total. The zero-order chi connectivity index (χ0) is 23.6. The number of anilines is 1. The van der Waals surface area contributed by atoms with E-state index in [2.05, 4.69) is 56.3 Å². The molecule has 7 heteroatoms. The van der Waals surface area contributed by atoms with Gasteiger partial charge in [-0.05, 0) is 54.7 Å². The highest BCUT2D eigenvalue weighted by Crippen LogP contribution is 2.31. The predicted molar refractivity (Wildman–Crippen MR) is 135 cm³/mol. The molecule has 4 aromatic rings. The minimum atomic E-state index is -0.215. The van der Waals surface area contributed by atoms with Gasteiger partial charge in [-0.1, -0.05) is 57.6 Å². The van der Waals surface area contributed by atoms with Gasteiger partial charge in [-0.15, -0.1) is 0 Å². The second kappa shape index (κ2) is 9.35. The number of nitrogens with zero attached hydrogens (tertiary/aromatic N) is 3. The van der Waals surface area contributed by atoms with Gasteiger partial charge in [0.2, 0.25) is 5.13 Å². The third kappa shape index (κ3) is 5.25. The summed E-state index contributed by atoms with van der Waals surface area (Å²) in [5.41, 5.74) is 3.58. The molecule has 0 bridgehead atoms. The Balaban J connectivity index is 1.59. The standard InChI is InChI=1S/C26H30N4O2S/c1-6-7-13-32-20-10-8-9-18(15-20)24(31)28-23-14-17(2)29-30(23)25-27-21-12-11-19(26(3,4)5)16-22(21)33-25/h8-12,14-16H,6-7,13H2,1-5H3,(H,28,31). The maximum absolute atomic E-state index is 13.0. The summed E-state index contributed by atoms with van der Waals surface area (Å²) >= 11 is 1.56. The Labute approximate surface area is 198 Å². The van der Waals surface area contributed by atoms with Crippen molar-refractivity contribution in [2.24, 2.45) is 0 Å². The van der Waals surface area contributed by atoms with Crippen LogP contribution >= 0.6 is 11.3 Å². The number of amides is 1. The fourth-order valence-corrected chi connectivity index (χ4v) is 4.42. The molecule has 0 fully saturated rings. The Hall–Kier alpha value is -3.19. The summed E-state index contributed by atoms with van der Waals surface area (Å²) in [6, 6.07) is 15.5. The Morgan fingerprint density at radius 2 is 1.97 bits per heavy atom. The molecule has 172 valence electrons. The molecule has 4 rings (SSSR count). The van der Waals surface area contributed by atoms with E-state index in [1.165, 1.54) is 5.56 Å². The molecule has 0 saturated heterocycles. The summed E-state index contributed by atoms with van der Waals surface area (Å²) < 4.78 is 8.55. The number of hydrogen-bond donors (Lipinski definition) is 1. The number of ether oxygens (including phenoxy) is 1. The van der Waals surface area contributed by atoms with E-state index in [1.807, 2.05) is 25.1 Å². The van der Waals surface area contributed by atoms with Crippen molar-refractivity contribution in [1.29, 1.82) is 0 Å². The van der Waals surface area contributed by atoms with Crippen LogP contribution in [0.2, 0.25) is 0 Å². The number of unbranched alkanes of at least 4 members (excludes halogenated alkanes) is 1. The lowest BCUT2D eigenvalue weighted by molar-refractivity contribution is 0.102. The molecule has 0 saturated carbocycles. The molecule has 1 amide bonds. The minimum absolute atomic E-state index is 0.0640. The molecule has 0 spiro atoms. The summed E-state index contributed by atoms with van der Waals surface area (Å²) in [7, 11) is 0. The molecule has 0 atom stereocenters. The first-order valence-electron chi connectivity index (χ1n) is 11.3. The molecule has 0 aliphatic rings. The quantitative estimate of drug-likeness (QED) is 0.318. The summed E-state index contributed by atoms with van der Waals surface area (Å²) in [6.45, 7) is 11.3.